The third-order valence-corrected chi connectivity index (χ3v) is 6.99. The van der Waals surface area contributed by atoms with Crippen LogP contribution in [-0.4, -0.2) is 22.4 Å². The Morgan fingerprint density at radius 2 is 1.85 bits per heavy atom. The number of nitrogens with zero attached hydrogens (tertiary/aromatic N) is 3. The number of benzene rings is 1. The second kappa shape index (κ2) is 6.91. The molecule has 0 radical (unpaired) electrons. The van der Waals surface area contributed by atoms with Crippen molar-refractivity contribution >= 4 is 32.7 Å². The molecule has 4 rings (SSSR count). The van der Waals surface area contributed by atoms with Crippen LogP contribution in [0.3, 0.4) is 0 Å². The Morgan fingerprint density at radius 1 is 1.15 bits per heavy atom. The molecule has 0 bridgehead atoms. The summed E-state index contributed by atoms with van der Waals surface area (Å²) in [5.74, 6) is 0.852. The van der Waals surface area contributed by atoms with Crippen LogP contribution >= 0.6 is 11.6 Å². The van der Waals surface area contributed by atoms with E-state index >= 15 is 0 Å². The van der Waals surface area contributed by atoms with Gasteiger partial charge in [-0.25, -0.2) is 17.4 Å². The normalized spacial score (nSPS) is 14.8. The minimum Gasteiger partial charge on any atom is -0.224 e. The van der Waals surface area contributed by atoms with Crippen molar-refractivity contribution in [2.24, 2.45) is 5.92 Å². The third kappa shape index (κ3) is 3.60. The molecule has 0 aliphatic heterocycles. The van der Waals surface area contributed by atoms with E-state index in [2.05, 4.69) is 9.97 Å². The zero-order chi connectivity index (χ0) is 19.2. The van der Waals surface area contributed by atoms with E-state index in [4.69, 9.17) is 11.6 Å². The largest absolute Gasteiger partial charge is 0.269 e. The first-order chi connectivity index (χ1) is 12.9. The summed E-state index contributed by atoms with van der Waals surface area (Å²) in [6, 6.07) is 6.81. The van der Waals surface area contributed by atoms with Gasteiger partial charge in [0.05, 0.1) is 10.6 Å². The van der Waals surface area contributed by atoms with E-state index in [1.165, 1.54) is 23.2 Å². The van der Waals surface area contributed by atoms with Crippen molar-refractivity contribution in [3.05, 3.63) is 52.6 Å². The Balaban J connectivity index is 1.79. The lowest BCUT2D eigenvalue weighted by atomic mass is 10.1. The second-order valence-corrected chi connectivity index (χ2v) is 9.55. The lowest BCUT2D eigenvalue weighted by Crippen LogP contribution is -2.13. The highest BCUT2D eigenvalue weighted by Gasteiger charge is 2.24. The highest BCUT2D eigenvalue weighted by Crippen LogP contribution is 2.34. The average Bonchev–Trinajstić information content (AvgIpc) is 3.37. The summed E-state index contributed by atoms with van der Waals surface area (Å²) < 4.78 is 27.6. The first-order valence-corrected chi connectivity index (χ1v) is 11.0. The van der Waals surface area contributed by atoms with E-state index in [0.717, 1.165) is 41.0 Å². The van der Waals surface area contributed by atoms with E-state index < -0.39 is 10.0 Å². The van der Waals surface area contributed by atoms with E-state index in [1.54, 1.807) is 30.5 Å². The van der Waals surface area contributed by atoms with Crippen molar-refractivity contribution in [1.82, 2.24) is 13.9 Å². The van der Waals surface area contributed by atoms with E-state index in [0.29, 0.717) is 5.65 Å². The van der Waals surface area contributed by atoms with Gasteiger partial charge in [-0.3, -0.25) is 0 Å². The van der Waals surface area contributed by atoms with Crippen LogP contribution in [0.25, 0.3) is 11.0 Å². The quantitative estimate of drug-likeness (QED) is 0.561. The molecule has 0 atom stereocenters. The minimum atomic E-state index is -3.75. The van der Waals surface area contributed by atoms with Crippen LogP contribution in [0.5, 0.6) is 0 Å². The van der Waals surface area contributed by atoms with Gasteiger partial charge < -0.3 is 0 Å². The van der Waals surface area contributed by atoms with E-state index in [-0.39, 0.29) is 10.2 Å². The summed E-state index contributed by atoms with van der Waals surface area (Å²) in [5.41, 5.74) is 3.04. The molecule has 1 fully saturated rings. The highest BCUT2D eigenvalue weighted by atomic mass is 35.5. The molecule has 0 N–H and O–H groups in total. The Bertz CT molecular complexity index is 1100. The third-order valence-electron chi connectivity index (χ3n) is 5.15. The van der Waals surface area contributed by atoms with Gasteiger partial charge in [0.25, 0.3) is 10.0 Å². The van der Waals surface area contributed by atoms with Crippen LogP contribution in [0, 0.1) is 19.8 Å². The summed E-state index contributed by atoms with van der Waals surface area (Å²) in [5, 5.41) is 0.883. The molecule has 142 valence electrons. The molecule has 2 heterocycles. The fourth-order valence-corrected chi connectivity index (χ4v) is 5.03. The van der Waals surface area contributed by atoms with Gasteiger partial charge in [0.1, 0.15) is 0 Å². The van der Waals surface area contributed by atoms with Gasteiger partial charge in [0, 0.05) is 11.6 Å². The maximum Gasteiger partial charge on any atom is 0.269 e. The number of halogens is 1. The van der Waals surface area contributed by atoms with Crippen molar-refractivity contribution < 1.29 is 8.42 Å². The summed E-state index contributed by atoms with van der Waals surface area (Å²) in [6.45, 7) is 3.82. The van der Waals surface area contributed by atoms with Crippen LogP contribution in [-0.2, 0) is 16.4 Å². The van der Waals surface area contributed by atoms with Gasteiger partial charge in [0.15, 0.2) is 5.65 Å². The fourth-order valence-electron chi connectivity index (χ4n) is 3.48. The van der Waals surface area contributed by atoms with Gasteiger partial charge >= 0.3 is 0 Å². The zero-order valence-electron chi connectivity index (χ0n) is 15.4. The van der Waals surface area contributed by atoms with Crippen LogP contribution in [0.1, 0.15) is 42.5 Å². The van der Waals surface area contributed by atoms with Gasteiger partial charge in [-0.15, -0.1) is 0 Å². The number of aromatic nitrogens is 3. The fraction of sp³-hybridized carbons (Fsp3) is 0.400. The maximum absolute atomic E-state index is 13.2. The predicted octanol–water partition coefficient (Wildman–Crippen LogP) is 4.67. The number of fused-ring (bicyclic) bond motifs is 1. The van der Waals surface area contributed by atoms with Gasteiger partial charge in [-0.1, -0.05) is 37.0 Å². The monoisotopic (exact) mass is 403 g/mol. The molecule has 1 aliphatic rings. The Hall–Kier alpha value is -1.92. The minimum absolute atomic E-state index is 0.0855. The molecular formula is C20H22ClN3O2S. The van der Waals surface area contributed by atoms with Crippen molar-refractivity contribution in [2.75, 3.05) is 0 Å². The summed E-state index contributed by atoms with van der Waals surface area (Å²) in [4.78, 5) is 8.90. The number of rotatable bonds is 6. The molecule has 27 heavy (non-hydrogen) atoms. The molecular weight excluding hydrogens is 382 g/mol. The molecule has 3 aromatic rings. The van der Waals surface area contributed by atoms with Gasteiger partial charge in [0.2, 0.25) is 5.28 Å². The summed E-state index contributed by atoms with van der Waals surface area (Å²) >= 11 is 6.15. The molecule has 1 aromatic carbocycles. The lowest BCUT2D eigenvalue weighted by Gasteiger charge is -2.09. The van der Waals surface area contributed by atoms with Crippen LogP contribution < -0.4 is 0 Å². The lowest BCUT2D eigenvalue weighted by molar-refractivity contribution is 0.588. The molecule has 2 aromatic heterocycles. The summed E-state index contributed by atoms with van der Waals surface area (Å²) in [6.07, 6.45) is 7.27. The average molecular weight is 404 g/mol. The first-order valence-electron chi connectivity index (χ1n) is 9.22. The second-order valence-electron chi connectivity index (χ2n) is 7.40. The van der Waals surface area contributed by atoms with Crippen molar-refractivity contribution in [3.63, 3.8) is 0 Å². The van der Waals surface area contributed by atoms with E-state index in [1.807, 2.05) is 13.8 Å². The van der Waals surface area contributed by atoms with Gasteiger partial charge in [-0.05, 0) is 61.9 Å². The molecule has 0 amide bonds. The van der Waals surface area contributed by atoms with Crippen molar-refractivity contribution in [1.29, 1.82) is 0 Å². The van der Waals surface area contributed by atoms with Gasteiger partial charge in [-0.2, -0.15) is 4.98 Å². The van der Waals surface area contributed by atoms with Crippen molar-refractivity contribution in [3.8, 4) is 0 Å². The zero-order valence-corrected chi connectivity index (χ0v) is 17.0. The van der Waals surface area contributed by atoms with Crippen LogP contribution in [0.4, 0.5) is 0 Å². The number of hydrogen-bond acceptors (Lipinski definition) is 4. The smallest absolute Gasteiger partial charge is 0.224 e. The van der Waals surface area contributed by atoms with Crippen LogP contribution in [0.2, 0.25) is 5.28 Å². The molecule has 0 saturated heterocycles. The Kier molecular flexibility index (Phi) is 4.72. The topological polar surface area (TPSA) is 64.8 Å². The Morgan fingerprint density at radius 3 is 2.52 bits per heavy atom. The summed E-state index contributed by atoms with van der Waals surface area (Å²) in [7, 11) is -3.75. The molecule has 1 saturated carbocycles. The predicted molar refractivity (Wildman–Crippen MR) is 107 cm³/mol. The first kappa shape index (κ1) is 18.4. The highest BCUT2D eigenvalue weighted by molar-refractivity contribution is 7.90. The SMILES string of the molecule is Cc1ccc(S(=O)(=O)n2cc(C)c3c(CCCC4CC4)nc(Cl)nc32)cc1. The van der Waals surface area contributed by atoms with Crippen molar-refractivity contribution in [2.45, 2.75) is 50.8 Å². The number of aryl methyl sites for hydroxylation is 3. The van der Waals surface area contributed by atoms with Crippen LogP contribution in [0.15, 0.2) is 35.4 Å². The molecule has 5 nitrogen and oxygen atoms in total. The molecule has 0 spiro atoms. The Labute approximate surface area is 164 Å². The molecule has 1 aliphatic carbocycles. The van der Waals surface area contributed by atoms with E-state index in [9.17, 15) is 8.42 Å². The standard InChI is InChI=1S/C20H22ClN3O2S/c1-13-6-10-16(11-7-13)27(25,26)24-12-14(2)18-17(5-3-4-15-8-9-15)22-20(21)23-19(18)24/h6-7,10-12,15H,3-5,8-9H2,1-2H3. The molecule has 7 heteroatoms. The number of hydrogen-bond donors (Lipinski definition) is 0. The molecule has 0 unspecified atom stereocenters. The maximum atomic E-state index is 13.2.